The van der Waals surface area contributed by atoms with Gasteiger partial charge in [0.25, 0.3) is 0 Å². The Morgan fingerprint density at radius 2 is 1.86 bits per heavy atom. The van der Waals surface area contributed by atoms with Gasteiger partial charge in [0.1, 0.15) is 11.8 Å². The van der Waals surface area contributed by atoms with E-state index < -0.39 is 22.0 Å². The Morgan fingerprint density at radius 1 is 1.29 bits per heavy atom. The summed E-state index contributed by atoms with van der Waals surface area (Å²) in [6.07, 6.45) is 0. The maximum Gasteiger partial charge on any atom is 0.321 e. The van der Waals surface area contributed by atoms with Crippen LogP contribution in [0.4, 0.5) is 0 Å². The van der Waals surface area contributed by atoms with Crippen molar-refractivity contribution in [1.82, 2.24) is 4.72 Å². The number of aryl methyl sites for hydroxylation is 1. The molecule has 7 heteroatoms. The number of aliphatic carboxylic acids is 1. The summed E-state index contributed by atoms with van der Waals surface area (Å²) in [6, 6.07) is 1.99. The first-order valence-electron chi connectivity index (χ1n) is 6.53. The number of carbonyl (C=O) groups is 1. The number of rotatable bonds is 6. The van der Waals surface area contributed by atoms with Gasteiger partial charge in [0.15, 0.2) is 0 Å². The van der Waals surface area contributed by atoms with Gasteiger partial charge in [-0.1, -0.05) is 13.8 Å². The maximum absolute atomic E-state index is 12.3. The van der Waals surface area contributed by atoms with E-state index in [4.69, 9.17) is 9.84 Å². The van der Waals surface area contributed by atoms with Gasteiger partial charge in [-0.25, -0.2) is 8.42 Å². The number of hydrogen-bond acceptors (Lipinski definition) is 4. The predicted octanol–water partition coefficient (Wildman–Crippen LogP) is 1.88. The van der Waals surface area contributed by atoms with Crippen LogP contribution in [0.1, 0.15) is 37.8 Å². The summed E-state index contributed by atoms with van der Waals surface area (Å²) in [5.74, 6) is -0.534. The number of hydrogen-bond donors (Lipinski definition) is 2. The fraction of sp³-hybridized carbons (Fsp3) is 0.500. The SMILES string of the molecule is COc1cc(C)c(S(=O)(=O)N[C@H](C)C(=O)O)cc1C(C)C. The Hall–Kier alpha value is -1.60. The van der Waals surface area contributed by atoms with Gasteiger partial charge in [-0.05, 0) is 43.0 Å². The lowest BCUT2D eigenvalue weighted by Crippen LogP contribution is -2.38. The van der Waals surface area contributed by atoms with Crippen LogP contribution in [-0.2, 0) is 14.8 Å². The van der Waals surface area contributed by atoms with E-state index in [9.17, 15) is 13.2 Å². The van der Waals surface area contributed by atoms with Crippen molar-refractivity contribution in [2.75, 3.05) is 7.11 Å². The molecule has 0 aliphatic rings. The second kappa shape index (κ2) is 6.44. The molecule has 0 unspecified atom stereocenters. The normalized spacial score (nSPS) is 13.2. The van der Waals surface area contributed by atoms with Crippen molar-refractivity contribution in [2.24, 2.45) is 0 Å². The topological polar surface area (TPSA) is 92.7 Å². The highest BCUT2D eigenvalue weighted by Gasteiger charge is 2.25. The fourth-order valence-corrected chi connectivity index (χ4v) is 3.40. The molecule has 1 rings (SSSR count). The summed E-state index contributed by atoms with van der Waals surface area (Å²) < 4.78 is 32.1. The number of nitrogens with one attached hydrogen (secondary N) is 1. The molecule has 21 heavy (non-hydrogen) atoms. The molecule has 0 spiro atoms. The van der Waals surface area contributed by atoms with Crippen molar-refractivity contribution in [3.63, 3.8) is 0 Å². The van der Waals surface area contributed by atoms with Gasteiger partial charge in [0.05, 0.1) is 12.0 Å². The van der Waals surface area contributed by atoms with E-state index in [2.05, 4.69) is 4.72 Å². The summed E-state index contributed by atoms with van der Waals surface area (Å²) in [7, 11) is -2.38. The Labute approximate surface area is 125 Å². The van der Waals surface area contributed by atoms with Gasteiger partial charge in [0, 0.05) is 0 Å². The Kier molecular flexibility index (Phi) is 5.36. The Morgan fingerprint density at radius 3 is 2.29 bits per heavy atom. The predicted molar refractivity (Wildman–Crippen MR) is 79.2 cm³/mol. The average molecular weight is 315 g/mol. The van der Waals surface area contributed by atoms with E-state index in [0.717, 1.165) is 5.56 Å². The monoisotopic (exact) mass is 315 g/mol. The molecule has 0 saturated heterocycles. The third-order valence-electron chi connectivity index (χ3n) is 3.14. The minimum Gasteiger partial charge on any atom is -0.496 e. The minimum absolute atomic E-state index is 0.0695. The smallest absolute Gasteiger partial charge is 0.321 e. The number of ether oxygens (including phenoxy) is 1. The molecule has 0 radical (unpaired) electrons. The zero-order valence-electron chi connectivity index (χ0n) is 12.8. The third kappa shape index (κ3) is 3.95. The van der Waals surface area contributed by atoms with E-state index in [1.165, 1.54) is 20.1 Å². The summed E-state index contributed by atoms with van der Waals surface area (Å²) in [5.41, 5.74) is 1.26. The van der Waals surface area contributed by atoms with Gasteiger partial charge < -0.3 is 9.84 Å². The Bertz CT molecular complexity index is 637. The molecule has 0 fully saturated rings. The molecular formula is C14H21NO5S. The van der Waals surface area contributed by atoms with Crippen LogP contribution in [-0.4, -0.2) is 32.6 Å². The first-order chi connectivity index (χ1) is 9.60. The van der Waals surface area contributed by atoms with E-state index >= 15 is 0 Å². The van der Waals surface area contributed by atoms with Crippen molar-refractivity contribution in [2.45, 2.75) is 44.6 Å². The van der Waals surface area contributed by atoms with Gasteiger partial charge >= 0.3 is 5.97 Å². The van der Waals surface area contributed by atoms with Crippen LogP contribution in [0.3, 0.4) is 0 Å². The highest BCUT2D eigenvalue weighted by molar-refractivity contribution is 7.89. The van der Waals surface area contributed by atoms with Crippen LogP contribution in [0, 0.1) is 6.92 Å². The van der Waals surface area contributed by atoms with Crippen LogP contribution in [0.15, 0.2) is 17.0 Å². The molecule has 1 aromatic rings. The number of carboxylic acid groups (broad SMARTS) is 1. The van der Waals surface area contributed by atoms with E-state index in [-0.39, 0.29) is 10.8 Å². The standard InChI is InChI=1S/C14H21NO5S/c1-8(2)11-7-13(9(3)6-12(11)20-5)21(18,19)15-10(4)14(16)17/h6-8,10,15H,1-5H3,(H,16,17)/t10-/m1/s1. The Balaban J connectivity index is 3.36. The lowest BCUT2D eigenvalue weighted by atomic mass is 10.0. The first kappa shape index (κ1) is 17.5. The largest absolute Gasteiger partial charge is 0.496 e. The van der Waals surface area contributed by atoms with Crippen molar-refractivity contribution >= 4 is 16.0 Å². The van der Waals surface area contributed by atoms with Crippen LogP contribution in [0.5, 0.6) is 5.75 Å². The van der Waals surface area contributed by atoms with Gasteiger partial charge in [-0.15, -0.1) is 0 Å². The third-order valence-corrected chi connectivity index (χ3v) is 4.82. The second-order valence-corrected chi connectivity index (χ2v) is 6.88. The van der Waals surface area contributed by atoms with Crippen LogP contribution >= 0.6 is 0 Å². The molecule has 0 aromatic heterocycles. The van der Waals surface area contributed by atoms with Crippen LogP contribution < -0.4 is 9.46 Å². The molecule has 0 aliphatic heterocycles. The molecule has 118 valence electrons. The lowest BCUT2D eigenvalue weighted by molar-refractivity contribution is -0.138. The maximum atomic E-state index is 12.3. The van der Waals surface area contributed by atoms with Crippen molar-refractivity contribution in [1.29, 1.82) is 0 Å². The molecule has 2 N–H and O–H groups in total. The molecule has 1 atom stereocenters. The van der Waals surface area contributed by atoms with Crippen molar-refractivity contribution < 1.29 is 23.1 Å². The van der Waals surface area contributed by atoms with E-state index in [0.29, 0.717) is 11.3 Å². The highest BCUT2D eigenvalue weighted by atomic mass is 32.2. The molecule has 0 heterocycles. The quantitative estimate of drug-likeness (QED) is 0.836. The molecular weight excluding hydrogens is 294 g/mol. The summed E-state index contributed by atoms with van der Waals surface area (Å²) in [4.78, 5) is 10.9. The van der Waals surface area contributed by atoms with Gasteiger partial charge in [-0.2, -0.15) is 4.72 Å². The van der Waals surface area contributed by atoms with Gasteiger partial charge in [0.2, 0.25) is 10.0 Å². The lowest BCUT2D eigenvalue weighted by Gasteiger charge is -2.17. The molecule has 0 amide bonds. The number of methoxy groups -OCH3 is 1. The summed E-state index contributed by atoms with van der Waals surface area (Å²) >= 11 is 0. The second-order valence-electron chi connectivity index (χ2n) is 5.20. The zero-order chi connectivity index (χ0) is 16.4. The van der Waals surface area contributed by atoms with E-state index in [1.54, 1.807) is 13.0 Å². The van der Waals surface area contributed by atoms with E-state index in [1.807, 2.05) is 13.8 Å². The van der Waals surface area contributed by atoms with Crippen molar-refractivity contribution in [3.8, 4) is 5.75 Å². The summed E-state index contributed by atoms with van der Waals surface area (Å²) in [5, 5.41) is 8.84. The highest BCUT2D eigenvalue weighted by Crippen LogP contribution is 2.31. The van der Waals surface area contributed by atoms with Gasteiger partial charge in [-0.3, -0.25) is 4.79 Å². The molecule has 6 nitrogen and oxygen atoms in total. The molecule has 0 saturated carbocycles. The minimum atomic E-state index is -3.90. The number of carboxylic acids is 1. The molecule has 0 aliphatic carbocycles. The molecule has 0 bridgehead atoms. The zero-order valence-corrected chi connectivity index (χ0v) is 13.6. The molecule has 1 aromatic carbocycles. The number of benzene rings is 1. The van der Waals surface area contributed by atoms with Crippen LogP contribution in [0.2, 0.25) is 0 Å². The first-order valence-corrected chi connectivity index (χ1v) is 8.02. The fourth-order valence-electron chi connectivity index (χ4n) is 1.94. The summed E-state index contributed by atoms with van der Waals surface area (Å²) in [6.45, 7) is 6.78. The van der Waals surface area contributed by atoms with Crippen molar-refractivity contribution in [3.05, 3.63) is 23.3 Å². The number of sulfonamides is 1. The average Bonchev–Trinajstić information content (AvgIpc) is 2.36. The van der Waals surface area contributed by atoms with Crippen LogP contribution in [0.25, 0.3) is 0 Å².